The monoisotopic (exact) mass is 308 g/mol. The number of halogens is 1. The summed E-state index contributed by atoms with van der Waals surface area (Å²) in [6.45, 7) is 4.26. The molecule has 0 aliphatic rings. The Balaban J connectivity index is 1.88. The Hall–Kier alpha value is -1.20. The lowest BCUT2D eigenvalue weighted by molar-refractivity contribution is 0.462. The number of aromatic nitrogens is 3. The van der Waals surface area contributed by atoms with Gasteiger partial charge >= 0.3 is 0 Å². The standard InChI is InChI=1S/C13H17BrN4/c1-9(7-11-3-5-12(14)6-4-11)17-10(2)13-15-8-16-18-13/h3-6,8-10,17H,7H2,1-2H3,(H,15,16,18). The van der Waals surface area contributed by atoms with Crippen LogP contribution in [-0.2, 0) is 6.42 Å². The molecule has 0 aliphatic carbocycles. The zero-order valence-corrected chi connectivity index (χ0v) is 12.1. The van der Waals surface area contributed by atoms with E-state index in [0.29, 0.717) is 6.04 Å². The van der Waals surface area contributed by atoms with Crippen molar-refractivity contribution in [3.63, 3.8) is 0 Å². The lowest BCUT2D eigenvalue weighted by Crippen LogP contribution is -2.31. The largest absolute Gasteiger partial charge is 0.305 e. The molecule has 2 rings (SSSR count). The van der Waals surface area contributed by atoms with Gasteiger partial charge in [0.2, 0.25) is 0 Å². The molecule has 0 saturated heterocycles. The number of nitrogens with one attached hydrogen (secondary N) is 2. The van der Waals surface area contributed by atoms with E-state index >= 15 is 0 Å². The number of aromatic amines is 1. The molecule has 2 N–H and O–H groups in total. The lowest BCUT2D eigenvalue weighted by Gasteiger charge is -2.18. The molecule has 0 bridgehead atoms. The van der Waals surface area contributed by atoms with E-state index in [0.717, 1.165) is 16.7 Å². The number of nitrogens with zero attached hydrogens (tertiary/aromatic N) is 2. The van der Waals surface area contributed by atoms with Crippen LogP contribution in [0.2, 0.25) is 0 Å². The Morgan fingerprint density at radius 2 is 2.00 bits per heavy atom. The van der Waals surface area contributed by atoms with Crippen LogP contribution in [0.15, 0.2) is 35.1 Å². The summed E-state index contributed by atoms with van der Waals surface area (Å²) in [7, 11) is 0. The lowest BCUT2D eigenvalue weighted by atomic mass is 10.1. The van der Waals surface area contributed by atoms with E-state index in [4.69, 9.17) is 0 Å². The molecular formula is C13H17BrN4. The van der Waals surface area contributed by atoms with Crippen molar-refractivity contribution >= 4 is 15.9 Å². The molecule has 0 spiro atoms. The molecule has 2 aromatic rings. The number of hydrogen-bond acceptors (Lipinski definition) is 3. The van der Waals surface area contributed by atoms with Crippen LogP contribution in [-0.4, -0.2) is 21.2 Å². The van der Waals surface area contributed by atoms with Crippen LogP contribution in [0.5, 0.6) is 0 Å². The van der Waals surface area contributed by atoms with Crippen molar-refractivity contribution in [3.05, 3.63) is 46.5 Å². The van der Waals surface area contributed by atoms with Gasteiger partial charge in [-0.15, -0.1) is 0 Å². The van der Waals surface area contributed by atoms with Crippen LogP contribution in [0.1, 0.15) is 31.3 Å². The summed E-state index contributed by atoms with van der Waals surface area (Å²) in [6.07, 6.45) is 2.53. The highest BCUT2D eigenvalue weighted by molar-refractivity contribution is 9.10. The van der Waals surface area contributed by atoms with Gasteiger partial charge in [-0.2, -0.15) is 5.10 Å². The van der Waals surface area contributed by atoms with E-state index in [1.807, 2.05) is 0 Å². The molecule has 4 nitrogen and oxygen atoms in total. The predicted molar refractivity (Wildman–Crippen MR) is 75.2 cm³/mol. The molecule has 2 unspecified atom stereocenters. The van der Waals surface area contributed by atoms with Gasteiger partial charge in [-0.1, -0.05) is 28.1 Å². The average molecular weight is 309 g/mol. The molecule has 1 aromatic heterocycles. The minimum absolute atomic E-state index is 0.179. The maximum absolute atomic E-state index is 4.15. The van der Waals surface area contributed by atoms with Crippen LogP contribution in [0.3, 0.4) is 0 Å². The molecule has 1 heterocycles. The summed E-state index contributed by atoms with van der Waals surface area (Å²) in [4.78, 5) is 4.15. The summed E-state index contributed by atoms with van der Waals surface area (Å²) < 4.78 is 1.11. The number of hydrogen-bond donors (Lipinski definition) is 2. The Bertz CT molecular complexity index is 466. The molecule has 0 fully saturated rings. The third-order valence-corrected chi connectivity index (χ3v) is 3.36. The molecule has 96 valence electrons. The Morgan fingerprint density at radius 1 is 1.28 bits per heavy atom. The van der Waals surface area contributed by atoms with Gasteiger partial charge in [-0.05, 0) is 38.0 Å². The van der Waals surface area contributed by atoms with Gasteiger partial charge < -0.3 is 5.32 Å². The van der Waals surface area contributed by atoms with E-state index in [2.05, 4.69) is 74.5 Å². The Kier molecular flexibility index (Phi) is 4.49. The second-order valence-electron chi connectivity index (χ2n) is 4.49. The molecule has 0 saturated carbocycles. The average Bonchev–Trinajstić information content (AvgIpc) is 2.85. The fraction of sp³-hybridized carbons (Fsp3) is 0.385. The topological polar surface area (TPSA) is 53.6 Å². The molecule has 18 heavy (non-hydrogen) atoms. The van der Waals surface area contributed by atoms with Crippen molar-refractivity contribution in [3.8, 4) is 0 Å². The number of benzene rings is 1. The van der Waals surface area contributed by atoms with Crippen molar-refractivity contribution in [2.75, 3.05) is 0 Å². The first-order valence-electron chi connectivity index (χ1n) is 6.01. The quantitative estimate of drug-likeness (QED) is 0.893. The maximum Gasteiger partial charge on any atom is 0.141 e. The van der Waals surface area contributed by atoms with Crippen molar-refractivity contribution in [2.24, 2.45) is 0 Å². The summed E-state index contributed by atoms with van der Waals surface area (Å²) in [6, 6.07) is 8.98. The highest BCUT2D eigenvalue weighted by atomic mass is 79.9. The molecule has 5 heteroatoms. The second kappa shape index (κ2) is 6.11. The predicted octanol–water partition coefficient (Wildman–Crippen LogP) is 2.85. The first-order chi connectivity index (χ1) is 8.65. The van der Waals surface area contributed by atoms with Crippen molar-refractivity contribution in [2.45, 2.75) is 32.4 Å². The van der Waals surface area contributed by atoms with Gasteiger partial charge in [-0.25, -0.2) is 4.98 Å². The first-order valence-corrected chi connectivity index (χ1v) is 6.80. The van der Waals surface area contributed by atoms with Gasteiger partial charge in [0.05, 0.1) is 6.04 Å². The van der Waals surface area contributed by atoms with Crippen molar-refractivity contribution < 1.29 is 0 Å². The SMILES string of the molecule is CC(Cc1ccc(Br)cc1)NC(C)c1ncn[nH]1. The molecule has 1 aromatic carbocycles. The van der Waals surface area contributed by atoms with E-state index < -0.39 is 0 Å². The normalized spacial score (nSPS) is 14.4. The van der Waals surface area contributed by atoms with E-state index in [9.17, 15) is 0 Å². The fourth-order valence-electron chi connectivity index (χ4n) is 1.96. The van der Waals surface area contributed by atoms with Crippen molar-refractivity contribution in [1.29, 1.82) is 0 Å². The highest BCUT2D eigenvalue weighted by Gasteiger charge is 2.11. The molecule has 0 amide bonds. The Morgan fingerprint density at radius 3 is 2.61 bits per heavy atom. The molecular weight excluding hydrogens is 292 g/mol. The van der Waals surface area contributed by atoms with Crippen LogP contribution in [0.25, 0.3) is 0 Å². The van der Waals surface area contributed by atoms with Crippen LogP contribution in [0.4, 0.5) is 0 Å². The minimum Gasteiger partial charge on any atom is -0.305 e. The zero-order valence-electron chi connectivity index (χ0n) is 10.5. The minimum atomic E-state index is 0.179. The van der Waals surface area contributed by atoms with Crippen molar-refractivity contribution in [1.82, 2.24) is 20.5 Å². The van der Waals surface area contributed by atoms with Crippen LogP contribution < -0.4 is 5.32 Å². The third-order valence-electron chi connectivity index (χ3n) is 2.83. The smallest absolute Gasteiger partial charge is 0.141 e. The fourth-order valence-corrected chi connectivity index (χ4v) is 2.23. The zero-order chi connectivity index (χ0) is 13.0. The van der Waals surface area contributed by atoms with Gasteiger partial charge in [0.15, 0.2) is 0 Å². The van der Waals surface area contributed by atoms with Gasteiger partial charge in [0.25, 0.3) is 0 Å². The summed E-state index contributed by atoms with van der Waals surface area (Å²) in [5.41, 5.74) is 1.32. The van der Waals surface area contributed by atoms with E-state index in [1.54, 1.807) is 0 Å². The van der Waals surface area contributed by atoms with Crippen LogP contribution >= 0.6 is 15.9 Å². The summed E-state index contributed by atoms with van der Waals surface area (Å²) in [5.74, 6) is 0.873. The molecule has 0 aliphatic heterocycles. The highest BCUT2D eigenvalue weighted by Crippen LogP contribution is 2.13. The molecule has 0 radical (unpaired) electrons. The first kappa shape index (κ1) is 13.2. The van der Waals surface area contributed by atoms with Gasteiger partial charge in [0.1, 0.15) is 12.2 Å². The second-order valence-corrected chi connectivity index (χ2v) is 5.41. The maximum atomic E-state index is 4.15. The summed E-state index contributed by atoms with van der Waals surface area (Å²) in [5, 5.41) is 10.2. The van der Waals surface area contributed by atoms with Gasteiger partial charge in [-0.3, -0.25) is 5.10 Å². The number of H-pyrrole nitrogens is 1. The van der Waals surface area contributed by atoms with Gasteiger partial charge in [0, 0.05) is 10.5 Å². The molecule has 2 atom stereocenters. The summed E-state index contributed by atoms with van der Waals surface area (Å²) >= 11 is 3.44. The number of rotatable bonds is 5. The van der Waals surface area contributed by atoms with E-state index in [-0.39, 0.29) is 6.04 Å². The van der Waals surface area contributed by atoms with Crippen LogP contribution in [0, 0.1) is 0 Å². The Labute approximate surface area is 115 Å². The third kappa shape index (κ3) is 3.65. The van der Waals surface area contributed by atoms with E-state index in [1.165, 1.54) is 11.9 Å².